The molecule has 0 aromatic heterocycles. The molecule has 3 aromatic carbocycles. The average molecular weight is 829 g/mol. The Hall–Kier alpha value is -6.65. The van der Waals surface area contributed by atoms with E-state index in [9.17, 15) is 38.7 Å². The van der Waals surface area contributed by atoms with Gasteiger partial charge in [-0.1, -0.05) is 44.2 Å². The van der Waals surface area contributed by atoms with Gasteiger partial charge < -0.3 is 45.9 Å². The van der Waals surface area contributed by atoms with E-state index in [1.54, 1.807) is 29.2 Å². The Morgan fingerprint density at radius 1 is 0.883 bits per heavy atom. The molecule has 5 rings (SSSR count). The van der Waals surface area contributed by atoms with Gasteiger partial charge in [0.25, 0.3) is 5.91 Å². The number of nitrogens with two attached hydrogens (primary N) is 1. The summed E-state index contributed by atoms with van der Waals surface area (Å²) in [6, 6.07) is 14.1. The van der Waals surface area contributed by atoms with Crippen LogP contribution in [0.5, 0.6) is 11.5 Å². The van der Waals surface area contributed by atoms with E-state index in [1.165, 1.54) is 31.3 Å². The minimum atomic E-state index is -1.18. The second-order valence-corrected chi connectivity index (χ2v) is 15.2. The van der Waals surface area contributed by atoms with Gasteiger partial charge in [0.1, 0.15) is 18.7 Å². The Balaban J connectivity index is 1.22. The number of methoxy groups -OCH3 is 2. The first kappa shape index (κ1) is 44.5. The van der Waals surface area contributed by atoms with Gasteiger partial charge in [-0.3, -0.25) is 33.7 Å². The van der Waals surface area contributed by atoms with Gasteiger partial charge >= 0.3 is 12.1 Å². The second kappa shape index (κ2) is 20.4. The molecule has 320 valence electrons. The van der Waals surface area contributed by atoms with E-state index in [0.717, 1.165) is 11.3 Å². The van der Waals surface area contributed by atoms with E-state index in [0.29, 0.717) is 30.5 Å². The molecule has 0 saturated carbocycles. The monoisotopic (exact) mass is 828 g/mol. The van der Waals surface area contributed by atoms with E-state index in [1.807, 2.05) is 38.1 Å². The topological polar surface area (TPSA) is 236 Å². The minimum absolute atomic E-state index is 0.00782. The summed E-state index contributed by atoms with van der Waals surface area (Å²) < 4.78 is 15.6. The van der Waals surface area contributed by atoms with E-state index in [2.05, 4.69) is 20.7 Å². The number of phenolic OH excluding ortho intramolecular Hbond substituents is 1. The van der Waals surface area contributed by atoms with Crippen molar-refractivity contribution in [2.75, 3.05) is 35.9 Å². The van der Waals surface area contributed by atoms with Crippen LogP contribution >= 0.6 is 0 Å². The number of esters is 1. The summed E-state index contributed by atoms with van der Waals surface area (Å²) in [5, 5.41) is 18.8. The number of phenols is 1. The number of fused-ring (bicyclic) bond motifs is 4. The molecule has 2 aliphatic rings. The zero-order valence-electron chi connectivity index (χ0n) is 34.2. The van der Waals surface area contributed by atoms with Crippen molar-refractivity contribution in [3.8, 4) is 11.5 Å². The molecule has 6 amide bonds. The number of para-hydroxylation sites is 1. The van der Waals surface area contributed by atoms with E-state index >= 15 is 0 Å². The van der Waals surface area contributed by atoms with Crippen molar-refractivity contribution >= 4 is 58.7 Å². The van der Waals surface area contributed by atoms with Crippen LogP contribution in [0.15, 0.2) is 60.7 Å². The summed E-state index contributed by atoms with van der Waals surface area (Å²) in [6.45, 7) is 3.69. The maximum Gasteiger partial charge on any atom is 0.414 e. The number of rotatable bonds is 18. The number of unbranched alkanes of at least 4 members (excludes halogenated alkanes) is 1. The summed E-state index contributed by atoms with van der Waals surface area (Å²) in [5.41, 5.74) is 8.33. The largest absolute Gasteiger partial charge is 0.504 e. The maximum absolute atomic E-state index is 14.0. The Labute approximate surface area is 347 Å². The van der Waals surface area contributed by atoms with Crippen LogP contribution < -0.4 is 36.2 Å². The number of nitrogens with zero attached hydrogens (tertiary/aromatic N) is 2. The molecular weight excluding hydrogens is 777 g/mol. The number of hydrogen-bond donors (Lipinski definition) is 5. The van der Waals surface area contributed by atoms with Crippen molar-refractivity contribution in [3.63, 3.8) is 0 Å². The molecule has 0 spiro atoms. The molecule has 2 aliphatic heterocycles. The number of nitrogens with one attached hydrogen (secondary N) is 3. The van der Waals surface area contributed by atoms with Gasteiger partial charge in [0.05, 0.1) is 38.1 Å². The molecule has 0 radical (unpaired) electrons. The second-order valence-electron chi connectivity index (χ2n) is 15.2. The van der Waals surface area contributed by atoms with Gasteiger partial charge in [0.2, 0.25) is 23.6 Å². The van der Waals surface area contributed by atoms with Crippen molar-refractivity contribution in [1.82, 2.24) is 10.6 Å². The predicted octanol–water partition coefficient (Wildman–Crippen LogP) is 4.08. The number of ether oxygens (including phenoxy) is 3. The minimum Gasteiger partial charge on any atom is -0.504 e. The highest BCUT2D eigenvalue weighted by Gasteiger charge is 2.42. The third-order valence-corrected chi connectivity index (χ3v) is 10.2. The summed E-state index contributed by atoms with van der Waals surface area (Å²) >= 11 is 0. The average Bonchev–Trinajstić information content (AvgIpc) is 3.54. The van der Waals surface area contributed by atoms with E-state index in [-0.39, 0.29) is 91.7 Å². The van der Waals surface area contributed by atoms with Crippen LogP contribution in [0.2, 0.25) is 0 Å². The molecule has 17 heteroatoms. The fourth-order valence-corrected chi connectivity index (χ4v) is 7.20. The highest BCUT2D eigenvalue weighted by atomic mass is 16.6. The first-order valence-corrected chi connectivity index (χ1v) is 19.8. The van der Waals surface area contributed by atoms with Crippen LogP contribution in [0.4, 0.5) is 21.9 Å². The summed E-state index contributed by atoms with van der Waals surface area (Å²) in [5.74, 6) is -3.17. The van der Waals surface area contributed by atoms with E-state index < -0.39 is 41.9 Å². The Kier molecular flexibility index (Phi) is 15.1. The molecule has 0 saturated heterocycles. The van der Waals surface area contributed by atoms with Gasteiger partial charge in [0.15, 0.2) is 11.5 Å². The lowest BCUT2D eigenvalue weighted by molar-refractivity contribution is -0.141. The third kappa shape index (κ3) is 11.3. The molecule has 17 nitrogen and oxygen atoms in total. The highest BCUT2D eigenvalue weighted by molar-refractivity contribution is 6.14. The van der Waals surface area contributed by atoms with Gasteiger partial charge in [-0.15, -0.1) is 0 Å². The molecule has 3 atom stereocenters. The number of amides is 6. The number of carbonyl (C=O) groups excluding carboxylic acids is 7. The SMILES string of the molecule is COC(=O)CCCCC(=O)N[C@@H](CC(C)C)C(=O)N[C@@H](CCC(N)=O)C(=O)Nc1ccc(COC(=O)N2C[C@@H]3Cc4ccccc4N3C(=O)c3cc(OC)c(O)cc32)cc1. The van der Waals surface area contributed by atoms with Crippen molar-refractivity contribution in [2.45, 2.75) is 89.9 Å². The lowest BCUT2D eigenvalue weighted by Crippen LogP contribution is -2.53. The summed E-state index contributed by atoms with van der Waals surface area (Å²) in [7, 11) is 2.66. The molecule has 0 bridgehead atoms. The smallest absolute Gasteiger partial charge is 0.414 e. The van der Waals surface area contributed by atoms with Gasteiger partial charge in [0, 0.05) is 36.7 Å². The fraction of sp³-hybridized carbons (Fsp3) is 0.419. The number of benzene rings is 3. The molecule has 60 heavy (non-hydrogen) atoms. The Morgan fingerprint density at radius 2 is 1.60 bits per heavy atom. The molecule has 2 heterocycles. The highest BCUT2D eigenvalue weighted by Crippen LogP contribution is 2.42. The van der Waals surface area contributed by atoms with Gasteiger partial charge in [-0.25, -0.2) is 4.79 Å². The van der Waals surface area contributed by atoms with Gasteiger partial charge in [-0.05, 0) is 73.4 Å². The van der Waals surface area contributed by atoms with Gasteiger partial charge in [-0.2, -0.15) is 0 Å². The normalized spacial score (nSPS) is 15.1. The molecule has 0 aliphatic carbocycles. The molecule has 6 N–H and O–H groups in total. The number of anilines is 3. The molecule has 0 fully saturated rings. The van der Waals surface area contributed by atoms with Crippen molar-refractivity contribution < 1.29 is 52.9 Å². The number of carbonyl (C=O) groups is 7. The first-order chi connectivity index (χ1) is 28.7. The predicted molar refractivity (Wildman–Crippen MR) is 220 cm³/mol. The van der Waals surface area contributed by atoms with Crippen LogP contribution in [-0.4, -0.2) is 85.6 Å². The number of primary amides is 1. The molecule has 0 unspecified atom stereocenters. The van der Waals surface area contributed by atoms with Crippen molar-refractivity contribution in [3.05, 3.63) is 77.4 Å². The lowest BCUT2D eigenvalue weighted by Gasteiger charge is -2.26. The third-order valence-electron chi connectivity index (χ3n) is 10.2. The summed E-state index contributed by atoms with van der Waals surface area (Å²) in [6.07, 6.45) is 0.857. The number of hydrogen-bond acceptors (Lipinski definition) is 11. The van der Waals surface area contributed by atoms with Crippen LogP contribution in [0.25, 0.3) is 0 Å². The zero-order chi connectivity index (χ0) is 43.5. The molecule has 3 aromatic rings. The number of aromatic hydroxyl groups is 1. The zero-order valence-corrected chi connectivity index (χ0v) is 34.2. The van der Waals surface area contributed by atoms with Crippen LogP contribution in [0.3, 0.4) is 0 Å². The van der Waals surface area contributed by atoms with Crippen LogP contribution in [-0.2, 0) is 46.5 Å². The Bertz CT molecular complexity index is 2090. The quantitative estimate of drug-likeness (QED) is 0.0905. The van der Waals surface area contributed by atoms with Crippen molar-refractivity contribution in [1.29, 1.82) is 0 Å². The fourth-order valence-electron chi connectivity index (χ4n) is 7.20. The standard InChI is InChI=1S/C43H52N6O11/c1-25(2)19-32(46-38(52)11-7-8-12-39(53)59-4)41(55)47-31(17-18-37(44)51)40(54)45-28-15-13-26(14-16-28)24-60-43(57)48-23-29-20-27-9-5-6-10-33(27)49(29)42(56)30-21-36(58-3)35(50)22-34(30)48/h5-6,9-10,13-16,21-22,25,29,31-32,50H,7-8,11-12,17-20,23-24H2,1-4H3,(H2,44,51)(H,45,54)(H,46,52)(H,47,55)/t29-,31-,32-/m0/s1. The maximum atomic E-state index is 14.0. The van der Waals surface area contributed by atoms with Crippen LogP contribution in [0, 0.1) is 5.92 Å². The summed E-state index contributed by atoms with van der Waals surface area (Å²) in [4.78, 5) is 93.4. The molecular formula is C43H52N6O11. The lowest BCUT2D eigenvalue weighted by atomic mass is 10.0. The first-order valence-electron chi connectivity index (χ1n) is 19.8. The van der Waals surface area contributed by atoms with E-state index in [4.69, 9.17) is 15.2 Å². The van der Waals surface area contributed by atoms with Crippen molar-refractivity contribution in [2.24, 2.45) is 11.7 Å². The van der Waals surface area contributed by atoms with Crippen LogP contribution in [0.1, 0.15) is 80.3 Å². The Morgan fingerprint density at radius 3 is 2.28 bits per heavy atom.